The van der Waals surface area contributed by atoms with Crippen molar-refractivity contribution in [2.45, 2.75) is 31.9 Å². The maximum absolute atomic E-state index is 14.0. The van der Waals surface area contributed by atoms with E-state index in [2.05, 4.69) is 10.1 Å². The molecular formula is C19H19F3N4OS. The fraction of sp³-hybridized carbons (Fsp3) is 0.421. The lowest BCUT2D eigenvalue weighted by Gasteiger charge is -2.31. The van der Waals surface area contributed by atoms with Crippen LogP contribution in [0.2, 0.25) is 0 Å². The van der Waals surface area contributed by atoms with Crippen LogP contribution in [0, 0.1) is 0 Å². The molecule has 1 aliphatic rings. The lowest BCUT2D eigenvalue weighted by atomic mass is 9.91. The molecule has 4 heterocycles. The molecule has 1 atom stereocenters. The highest BCUT2D eigenvalue weighted by atomic mass is 32.1. The van der Waals surface area contributed by atoms with Crippen molar-refractivity contribution in [2.24, 2.45) is 7.05 Å². The number of likely N-dealkylation sites (tertiary alicyclic amines) is 1. The monoisotopic (exact) mass is 408 g/mol. The number of nitrogens with zero attached hydrogens (tertiary/aromatic N) is 4. The van der Waals surface area contributed by atoms with Crippen molar-refractivity contribution in [3.8, 4) is 10.6 Å². The molecule has 1 amide bonds. The highest BCUT2D eigenvalue weighted by Crippen LogP contribution is 2.41. The Bertz CT molecular complexity index is 1030. The summed E-state index contributed by atoms with van der Waals surface area (Å²) >= 11 is 1.34. The standard InChI is InChI=1S/C19H19F3N4OS/c1-11(27)26-7-3-5-12(10-26)17-16-13(19(20,21)22)9-14(15-6-4-8-28-15)23-18(16)25(2)24-17/h4,6,8-9,12H,3,5,7,10H2,1-2H3. The number of aryl methyl sites for hydroxylation is 1. The number of carbonyl (C=O) groups excluding carboxylic acids is 1. The molecule has 1 unspecified atom stereocenters. The number of carbonyl (C=O) groups is 1. The van der Waals surface area contributed by atoms with Gasteiger partial charge in [-0.3, -0.25) is 9.48 Å². The summed E-state index contributed by atoms with van der Waals surface area (Å²) in [5.41, 5.74) is 0.163. The van der Waals surface area contributed by atoms with Gasteiger partial charge in [0, 0.05) is 33.0 Å². The third-order valence-corrected chi connectivity index (χ3v) is 6.05. The van der Waals surface area contributed by atoms with Crippen LogP contribution < -0.4 is 0 Å². The maximum atomic E-state index is 14.0. The van der Waals surface area contributed by atoms with Gasteiger partial charge in [0.1, 0.15) is 0 Å². The Balaban J connectivity index is 1.90. The molecule has 1 fully saturated rings. The normalized spacial score (nSPS) is 18.0. The van der Waals surface area contributed by atoms with Gasteiger partial charge in [0.05, 0.1) is 27.2 Å². The Kier molecular flexibility index (Phi) is 4.65. The van der Waals surface area contributed by atoms with Crippen LogP contribution in [-0.2, 0) is 18.0 Å². The maximum Gasteiger partial charge on any atom is 0.417 e. The summed E-state index contributed by atoms with van der Waals surface area (Å²) in [6.07, 6.45) is -3.09. The smallest absolute Gasteiger partial charge is 0.342 e. The van der Waals surface area contributed by atoms with E-state index in [9.17, 15) is 18.0 Å². The summed E-state index contributed by atoms with van der Waals surface area (Å²) in [5, 5.41) is 6.28. The third kappa shape index (κ3) is 3.28. The SMILES string of the molecule is CC(=O)N1CCCC(c2nn(C)c3nc(-c4cccs4)cc(C(F)(F)F)c23)C1. The van der Waals surface area contributed by atoms with Gasteiger partial charge < -0.3 is 4.90 Å². The van der Waals surface area contributed by atoms with Crippen LogP contribution in [0.5, 0.6) is 0 Å². The number of pyridine rings is 1. The van der Waals surface area contributed by atoms with Gasteiger partial charge in [0.15, 0.2) is 5.65 Å². The number of fused-ring (bicyclic) bond motifs is 1. The number of amides is 1. The molecule has 0 radical (unpaired) electrons. The lowest BCUT2D eigenvalue weighted by molar-refractivity contribution is -0.136. The average Bonchev–Trinajstić information content (AvgIpc) is 3.29. The van der Waals surface area contributed by atoms with Gasteiger partial charge in [0.2, 0.25) is 5.91 Å². The van der Waals surface area contributed by atoms with Gasteiger partial charge in [-0.05, 0) is 30.4 Å². The first-order chi connectivity index (χ1) is 13.3. The molecule has 0 bridgehead atoms. The van der Waals surface area contributed by atoms with E-state index in [-0.39, 0.29) is 22.9 Å². The first-order valence-electron chi connectivity index (χ1n) is 9.00. The number of hydrogen-bond donors (Lipinski definition) is 0. The van der Waals surface area contributed by atoms with Crippen molar-refractivity contribution in [1.29, 1.82) is 0 Å². The molecule has 28 heavy (non-hydrogen) atoms. The molecule has 0 N–H and O–H groups in total. The zero-order valence-electron chi connectivity index (χ0n) is 15.5. The average molecular weight is 408 g/mol. The number of piperidine rings is 1. The van der Waals surface area contributed by atoms with Crippen LogP contribution in [0.25, 0.3) is 21.6 Å². The predicted molar refractivity (Wildman–Crippen MR) is 101 cm³/mol. The molecule has 3 aromatic heterocycles. The summed E-state index contributed by atoms with van der Waals surface area (Å²) in [4.78, 5) is 18.6. The molecule has 0 aliphatic carbocycles. The molecule has 1 saturated heterocycles. The fourth-order valence-corrected chi connectivity index (χ4v) is 4.51. The minimum absolute atomic E-state index is 0.0470. The van der Waals surface area contributed by atoms with E-state index < -0.39 is 11.7 Å². The van der Waals surface area contributed by atoms with E-state index in [0.717, 1.165) is 12.5 Å². The number of aromatic nitrogens is 3. The number of halogens is 3. The minimum Gasteiger partial charge on any atom is -0.342 e. The largest absolute Gasteiger partial charge is 0.417 e. The highest BCUT2D eigenvalue weighted by Gasteiger charge is 2.38. The summed E-state index contributed by atoms with van der Waals surface area (Å²) in [5.74, 6) is -0.309. The Morgan fingerprint density at radius 1 is 1.36 bits per heavy atom. The molecule has 5 nitrogen and oxygen atoms in total. The Morgan fingerprint density at radius 2 is 2.14 bits per heavy atom. The Hall–Kier alpha value is -2.42. The second-order valence-corrected chi connectivity index (χ2v) is 7.99. The van der Waals surface area contributed by atoms with Crippen LogP contribution >= 0.6 is 11.3 Å². The van der Waals surface area contributed by atoms with Gasteiger partial charge in [-0.25, -0.2) is 4.98 Å². The molecule has 0 spiro atoms. The Morgan fingerprint density at radius 3 is 2.79 bits per heavy atom. The van der Waals surface area contributed by atoms with Gasteiger partial charge in [0.25, 0.3) is 0 Å². The lowest BCUT2D eigenvalue weighted by Crippen LogP contribution is -2.37. The van der Waals surface area contributed by atoms with E-state index in [1.165, 1.54) is 22.9 Å². The number of hydrogen-bond acceptors (Lipinski definition) is 4. The van der Waals surface area contributed by atoms with E-state index in [4.69, 9.17) is 0 Å². The number of rotatable bonds is 2. The zero-order valence-corrected chi connectivity index (χ0v) is 16.3. The molecule has 148 valence electrons. The van der Waals surface area contributed by atoms with Crippen molar-refractivity contribution in [3.05, 3.63) is 34.8 Å². The van der Waals surface area contributed by atoms with Gasteiger partial charge in [-0.1, -0.05) is 6.07 Å². The van der Waals surface area contributed by atoms with E-state index in [1.54, 1.807) is 24.1 Å². The van der Waals surface area contributed by atoms with Crippen molar-refractivity contribution >= 4 is 28.3 Å². The molecule has 4 rings (SSSR count). The molecule has 1 aliphatic heterocycles. The van der Waals surface area contributed by atoms with Gasteiger partial charge in [-0.15, -0.1) is 11.3 Å². The van der Waals surface area contributed by atoms with Crippen LogP contribution in [0.3, 0.4) is 0 Å². The van der Waals surface area contributed by atoms with Crippen molar-refractivity contribution in [1.82, 2.24) is 19.7 Å². The van der Waals surface area contributed by atoms with Gasteiger partial charge >= 0.3 is 6.18 Å². The van der Waals surface area contributed by atoms with Crippen molar-refractivity contribution < 1.29 is 18.0 Å². The van der Waals surface area contributed by atoms with Gasteiger partial charge in [-0.2, -0.15) is 18.3 Å². The van der Waals surface area contributed by atoms with Crippen LogP contribution in [0.1, 0.15) is 36.9 Å². The molecule has 0 aromatic carbocycles. The topological polar surface area (TPSA) is 51.0 Å². The van der Waals surface area contributed by atoms with Crippen LogP contribution in [0.15, 0.2) is 23.6 Å². The highest BCUT2D eigenvalue weighted by molar-refractivity contribution is 7.13. The molecule has 3 aromatic rings. The number of alkyl halides is 3. The van der Waals surface area contributed by atoms with Crippen LogP contribution in [0.4, 0.5) is 13.2 Å². The van der Waals surface area contributed by atoms with Crippen LogP contribution in [-0.4, -0.2) is 38.7 Å². The van der Waals surface area contributed by atoms with Crippen molar-refractivity contribution in [3.63, 3.8) is 0 Å². The minimum atomic E-state index is -4.53. The Labute approximate surface area is 163 Å². The molecule has 9 heteroatoms. The molecule has 0 saturated carbocycles. The zero-order chi connectivity index (χ0) is 20.1. The summed E-state index contributed by atoms with van der Waals surface area (Å²) in [7, 11) is 1.61. The molecular weight excluding hydrogens is 389 g/mol. The number of thiophene rings is 1. The van der Waals surface area contributed by atoms with E-state index in [0.29, 0.717) is 35.8 Å². The van der Waals surface area contributed by atoms with E-state index >= 15 is 0 Å². The first kappa shape index (κ1) is 18.9. The second kappa shape index (κ2) is 6.88. The summed E-state index contributed by atoms with van der Waals surface area (Å²) < 4.78 is 43.3. The second-order valence-electron chi connectivity index (χ2n) is 7.04. The summed E-state index contributed by atoms with van der Waals surface area (Å²) in [6, 6.07) is 4.65. The first-order valence-corrected chi connectivity index (χ1v) is 9.88. The third-order valence-electron chi connectivity index (χ3n) is 5.15. The predicted octanol–water partition coefficient (Wildman–Crippen LogP) is 4.44. The van der Waals surface area contributed by atoms with E-state index in [1.807, 2.05) is 5.38 Å². The fourth-order valence-electron chi connectivity index (χ4n) is 3.82. The summed E-state index contributed by atoms with van der Waals surface area (Å²) in [6.45, 7) is 2.49. The van der Waals surface area contributed by atoms with Crippen molar-refractivity contribution in [2.75, 3.05) is 13.1 Å². The quantitative estimate of drug-likeness (QED) is 0.630.